The zero-order valence-electron chi connectivity index (χ0n) is 7.91. The second-order valence-electron chi connectivity index (χ2n) is 3.74. The molecular weight excluding hydrogens is 202 g/mol. The Morgan fingerprint density at radius 1 is 1.33 bits per heavy atom. The van der Waals surface area contributed by atoms with Crippen LogP contribution in [0, 0.1) is 0 Å². The molecule has 15 heavy (non-hydrogen) atoms. The average Bonchev–Trinajstić information content (AvgIpc) is 3.00. The van der Waals surface area contributed by atoms with Gasteiger partial charge in [-0.15, -0.1) is 0 Å². The molecule has 0 saturated heterocycles. The number of hydrogen-bond acceptors (Lipinski definition) is 1. The Labute approximate surface area is 85.5 Å². The van der Waals surface area contributed by atoms with Crippen LogP contribution in [0.4, 0.5) is 8.78 Å². The first-order chi connectivity index (χ1) is 7.03. The molecule has 0 atom stereocenters. The van der Waals surface area contributed by atoms with Gasteiger partial charge >= 0.3 is 11.9 Å². The fraction of sp³-hybridized carbons (Fsp3) is 0.364. The van der Waals surface area contributed by atoms with Gasteiger partial charge in [0.05, 0.1) is 0 Å². The molecule has 2 rings (SSSR count). The quantitative estimate of drug-likeness (QED) is 0.836. The van der Waals surface area contributed by atoms with Gasteiger partial charge in [-0.2, -0.15) is 8.78 Å². The van der Waals surface area contributed by atoms with Crippen molar-refractivity contribution < 1.29 is 18.7 Å². The van der Waals surface area contributed by atoms with Crippen LogP contribution in [0.1, 0.15) is 29.9 Å². The summed E-state index contributed by atoms with van der Waals surface area (Å²) in [6.45, 7) is 0. The first-order valence-electron chi connectivity index (χ1n) is 4.74. The van der Waals surface area contributed by atoms with Gasteiger partial charge in [-0.25, -0.2) is 4.79 Å². The molecule has 1 aromatic carbocycles. The van der Waals surface area contributed by atoms with Crippen molar-refractivity contribution in [3.8, 4) is 0 Å². The van der Waals surface area contributed by atoms with Crippen LogP contribution in [-0.2, 0) is 10.7 Å². The van der Waals surface area contributed by atoms with E-state index < -0.39 is 11.9 Å². The van der Waals surface area contributed by atoms with Gasteiger partial charge in [0.15, 0.2) is 0 Å². The molecule has 1 aliphatic carbocycles. The van der Waals surface area contributed by atoms with E-state index in [2.05, 4.69) is 0 Å². The molecule has 1 aromatic rings. The lowest BCUT2D eigenvalue weighted by Gasteiger charge is -2.15. The normalized spacial score (nSPS) is 16.4. The Morgan fingerprint density at radius 2 is 1.93 bits per heavy atom. The lowest BCUT2D eigenvalue weighted by Crippen LogP contribution is -2.26. The summed E-state index contributed by atoms with van der Waals surface area (Å²) >= 11 is 0. The van der Waals surface area contributed by atoms with Crippen molar-refractivity contribution in [3.63, 3.8) is 0 Å². The van der Waals surface area contributed by atoms with Crippen LogP contribution in [0.5, 0.6) is 0 Å². The zero-order valence-corrected chi connectivity index (χ0v) is 7.91. The summed E-state index contributed by atoms with van der Waals surface area (Å²) in [6, 6.07) is 5.89. The summed E-state index contributed by atoms with van der Waals surface area (Å²) in [5, 5.41) is 8.47. The SMILES string of the molecule is O=C(O)C(F)(F)c1ccccc1C1CC1. The molecule has 0 radical (unpaired) electrons. The van der Waals surface area contributed by atoms with E-state index >= 15 is 0 Å². The van der Waals surface area contributed by atoms with E-state index in [0.29, 0.717) is 5.56 Å². The second kappa shape index (κ2) is 3.29. The number of alkyl halides is 2. The first-order valence-corrected chi connectivity index (χ1v) is 4.74. The minimum absolute atomic E-state index is 0.117. The molecule has 1 fully saturated rings. The van der Waals surface area contributed by atoms with Crippen LogP contribution < -0.4 is 0 Å². The number of hydrogen-bond donors (Lipinski definition) is 1. The van der Waals surface area contributed by atoms with Gasteiger partial charge < -0.3 is 5.11 Å². The number of carboxylic acids is 1. The smallest absolute Gasteiger partial charge is 0.379 e. The van der Waals surface area contributed by atoms with Crippen molar-refractivity contribution in [1.29, 1.82) is 0 Å². The van der Waals surface area contributed by atoms with E-state index in [-0.39, 0.29) is 11.5 Å². The third-order valence-electron chi connectivity index (χ3n) is 2.58. The number of aliphatic carboxylic acids is 1. The van der Waals surface area contributed by atoms with E-state index in [1.54, 1.807) is 12.1 Å². The maximum Gasteiger partial charge on any atom is 0.379 e. The van der Waals surface area contributed by atoms with Crippen molar-refractivity contribution in [2.75, 3.05) is 0 Å². The molecule has 0 amide bonds. The van der Waals surface area contributed by atoms with E-state index in [4.69, 9.17) is 5.11 Å². The van der Waals surface area contributed by atoms with Crippen LogP contribution in [-0.4, -0.2) is 11.1 Å². The number of halogens is 2. The zero-order chi connectivity index (χ0) is 11.1. The monoisotopic (exact) mass is 212 g/mol. The molecule has 0 bridgehead atoms. The largest absolute Gasteiger partial charge is 0.477 e. The molecule has 0 unspecified atom stereocenters. The molecular formula is C11H10F2O2. The molecule has 2 nitrogen and oxygen atoms in total. The van der Waals surface area contributed by atoms with Crippen molar-refractivity contribution in [2.45, 2.75) is 24.7 Å². The molecule has 1 saturated carbocycles. The van der Waals surface area contributed by atoms with Gasteiger partial charge in [0.25, 0.3) is 0 Å². The molecule has 4 heteroatoms. The molecule has 80 valence electrons. The van der Waals surface area contributed by atoms with Crippen molar-refractivity contribution in [1.82, 2.24) is 0 Å². The van der Waals surface area contributed by atoms with Crippen molar-refractivity contribution in [2.24, 2.45) is 0 Å². The van der Waals surface area contributed by atoms with E-state index in [1.807, 2.05) is 0 Å². The fourth-order valence-electron chi connectivity index (χ4n) is 1.65. The summed E-state index contributed by atoms with van der Waals surface area (Å²) in [5.41, 5.74) is 0.116. The Bertz CT molecular complexity index is 397. The van der Waals surface area contributed by atoms with Gasteiger partial charge in [0, 0.05) is 5.56 Å². The Hall–Kier alpha value is -1.45. The summed E-state index contributed by atoms with van der Waals surface area (Å²) in [6.07, 6.45) is 1.74. The first kappa shape index (κ1) is 10.1. The average molecular weight is 212 g/mol. The highest BCUT2D eigenvalue weighted by Gasteiger charge is 2.44. The van der Waals surface area contributed by atoms with E-state index in [0.717, 1.165) is 12.8 Å². The fourth-order valence-corrected chi connectivity index (χ4v) is 1.65. The van der Waals surface area contributed by atoms with Crippen LogP contribution >= 0.6 is 0 Å². The third kappa shape index (κ3) is 1.71. The number of carboxylic acid groups (broad SMARTS) is 1. The van der Waals surface area contributed by atoms with Gasteiger partial charge in [-0.05, 0) is 24.3 Å². The Kier molecular flexibility index (Phi) is 2.21. The molecule has 1 aliphatic rings. The summed E-state index contributed by atoms with van der Waals surface area (Å²) < 4.78 is 26.7. The van der Waals surface area contributed by atoms with Crippen molar-refractivity contribution in [3.05, 3.63) is 35.4 Å². The lowest BCUT2D eigenvalue weighted by molar-refractivity contribution is -0.166. The topological polar surface area (TPSA) is 37.3 Å². The van der Waals surface area contributed by atoms with Gasteiger partial charge in [-0.1, -0.05) is 24.3 Å². The molecule has 0 aromatic heterocycles. The van der Waals surface area contributed by atoms with Crippen LogP contribution in [0.2, 0.25) is 0 Å². The summed E-state index contributed by atoms with van der Waals surface area (Å²) in [5.74, 6) is -5.75. The third-order valence-corrected chi connectivity index (χ3v) is 2.58. The predicted molar refractivity (Wildman–Crippen MR) is 49.9 cm³/mol. The molecule has 0 aliphatic heterocycles. The minimum Gasteiger partial charge on any atom is -0.477 e. The highest BCUT2D eigenvalue weighted by Crippen LogP contribution is 2.45. The Balaban J connectivity index is 2.46. The second-order valence-corrected chi connectivity index (χ2v) is 3.74. The number of rotatable bonds is 3. The van der Waals surface area contributed by atoms with Crippen LogP contribution in [0.3, 0.4) is 0 Å². The summed E-state index contributed by atoms with van der Waals surface area (Å²) in [4.78, 5) is 10.5. The predicted octanol–water partition coefficient (Wildman–Crippen LogP) is 2.74. The lowest BCUT2D eigenvalue weighted by atomic mass is 9.98. The van der Waals surface area contributed by atoms with Gasteiger partial charge in [0.2, 0.25) is 0 Å². The molecule has 0 spiro atoms. The Morgan fingerprint density at radius 3 is 2.47 bits per heavy atom. The minimum atomic E-state index is -3.78. The standard InChI is InChI=1S/C11H10F2O2/c12-11(13,10(14)15)9-4-2-1-3-8(9)7-5-6-7/h1-4,7H,5-6H2,(H,14,15). The molecule has 1 N–H and O–H groups in total. The molecule has 0 heterocycles. The van der Waals surface area contributed by atoms with Crippen LogP contribution in [0.15, 0.2) is 24.3 Å². The highest BCUT2D eigenvalue weighted by atomic mass is 19.3. The number of carbonyl (C=O) groups is 1. The van der Waals surface area contributed by atoms with Crippen molar-refractivity contribution >= 4 is 5.97 Å². The maximum absolute atomic E-state index is 13.3. The van der Waals surface area contributed by atoms with Gasteiger partial charge in [0.1, 0.15) is 0 Å². The van der Waals surface area contributed by atoms with E-state index in [1.165, 1.54) is 12.1 Å². The van der Waals surface area contributed by atoms with Crippen LogP contribution in [0.25, 0.3) is 0 Å². The summed E-state index contributed by atoms with van der Waals surface area (Å²) in [7, 11) is 0. The number of benzene rings is 1. The van der Waals surface area contributed by atoms with Gasteiger partial charge in [-0.3, -0.25) is 0 Å². The maximum atomic E-state index is 13.3. The highest BCUT2D eigenvalue weighted by molar-refractivity contribution is 5.78. The van der Waals surface area contributed by atoms with E-state index in [9.17, 15) is 13.6 Å².